The molecule has 0 spiro atoms. The van der Waals surface area contributed by atoms with E-state index in [1.54, 1.807) is 7.11 Å². The first-order valence-electron chi connectivity index (χ1n) is 7.27. The van der Waals surface area contributed by atoms with Crippen LogP contribution in [0.3, 0.4) is 0 Å². The summed E-state index contributed by atoms with van der Waals surface area (Å²) in [4.78, 5) is 0. The predicted octanol–water partition coefficient (Wildman–Crippen LogP) is 3.55. The number of hydrogen-bond donors (Lipinski definition) is 1. The first-order valence-corrected chi connectivity index (χ1v) is 7.27. The highest BCUT2D eigenvalue weighted by molar-refractivity contribution is 5.40. The smallest absolute Gasteiger partial charge is 0.118 e. The number of aromatic nitrogens is 2. The molecule has 1 N–H and O–H groups in total. The molecule has 0 unspecified atom stereocenters. The molecule has 0 fully saturated rings. The van der Waals surface area contributed by atoms with Gasteiger partial charge >= 0.3 is 0 Å². The maximum atomic E-state index is 5.16. The Labute approximate surface area is 130 Å². The van der Waals surface area contributed by atoms with Gasteiger partial charge in [0.15, 0.2) is 0 Å². The number of nitrogens with zero attached hydrogens (tertiary/aromatic N) is 2. The standard InChI is InChI=1S/C18H19N3O/c1-22-18-9-7-15(8-10-18)11-19-17-12-20-21(14-17)13-16-5-3-2-4-6-16/h2-10,12,14,19H,11,13H2,1H3. The summed E-state index contributed by atoms with van der Waals surface area (Å²) >= 11 is 0. The molecule has 0 aliphatic carbocycles. The molecule has 22 heavy (non-hydrogen) atoms. The average molecular weight is 293 g/mol. The van der Waals surface area contributed by atoms with Crippen molar-refractivity contribution in [2.45, 2.75) is 13.1 Å². The fraction of sp³-hybridized carbons (Fsp3) is 0.167. The van der Waals surface area contributed by atoms with E-state index in [0.717, 1.165) is 24.5 Å². The largest absolute Gasteiger partial charge is 0.497 e. The summed E-state index contributed by atoms with van der Waals surface area (Å²) in [5.74, 6) is 0.874. The average Bonchev–Trinajstić information content (AvgIpc) is 3.02. The number of benzene rings is 2. The molecule has 112 valence electrons. The lowest BCUT2D eigenvalue weighted by atomic mass is 10.2. The number of ether oxygens (including phenoxy) is 1. The SMILES string of the molecule is COc1ccc(CNc2cnn(Cc3ccccc3)c2)cc1. The summed E-state index contributed by atoms with van der Waals surface area (Å²) in [5.41, 5.74) is 3.47. The van der Waals surface area contributed by atoms with Gasteiger partial charge in [0.05, 0.1) is 25.5 Å². The molecule has 0 radical (unpaired) electrons. The Morgan fingerprint density at radius 2 is 1.77 bits per heavy atom. The summed E-state index contributed by atoms with van der Waals surface area (Å²) < 4.78 is 7.09. The van der Waals surface area contributed by atoms with Crippen LogP contribution in [0.15, 0.2) is 67.0 Å². The highest BCUT2D eigenvalue weighted by Crippen LogP contribution is 2.13. The van der Waals surface area contributed by atoms with E-state index in [9.17, 15) is 0 Å². The van der Waals surface area contributed by atoms with E-state index in [1.807, 2.05) is 47.4 Å². The van der Waals surface area contributed by atoms with Crippen molar-refractivity contribution >= 4 is 5.69 Å². The lowest BCUT2D eigenvalue weighted by Crippen LogP contribution is -2.00. The third-order valence-electron chi connectivity index (χ3n) is 3.48. The molecule has 0 aliphatic heterocycles. The van der Waals surface area contributed by atoms with Gasteiger partial charge in [-0.05, 0) is 23.3 Å². The van der Waals surface area contributed by atoms with Crippen molar-refractivity contribution in [3.05, 3.63) is 78.1 Å². The maximum absolute atomic E-state index is 5.16. The Bertz CT molecular complexity index is 705. The molecule has 0 saturated heterocycles. The zero-order valence-corrected chi connectivity index (χ0v) is 12.6. The number of methoxy groups -OCH3 is 1. The number of hydrogen-bond acceptors (Lipinski definition) is 3. The van der Waals surface area contributed by atoms with E-state index in [0.29, 0.717) is 0 Å². The van der Waals surface area contributed by atoms with Crippen LogP contribution in [-0.2, 0) is 13.1 Å². The second-order valence-corrected chi connectivity index (χ2v) is 5.11. The van der Waals surface area contributed by atoms with E-state index in [-0.39, 0.29) is 0 Å². The Balaban J connectivity index is 1.57. The third kappa shape index (κ3) is 3.67. The highest BCUT2D eigenvalue weighted by atomic mass is 16.5. The third-order valence-corrected chi connectivity index (χ3v) is 3.48. The second kappa shape index (κ2) is 6.80. The van der Waals surface area contributed by atoms with Crippen molar-refractivity contribution in [2.75, 3.05) is 12.4 Å². The van der Waals surface area contributed by atoms with Crippen molar-refractivity contribution in [1.82, 2.24) is 9.78 Å². The molecule has 0 saturated carbocycles. The van der Waals surface area contributed by atoms with Crippen molar-refractivity contribution < 1.29 is 4.74 Å². The van der Waals surface area contributed by atoms with Crippen LogP contribution in [0.4, 0.5) is 5.69 Å². The normalized spacial score (nSPS) is 10.4. The Hall–Kier alpha value is -2.75. The number of rotatable bonds is 6. The van der Waals surface area contributed by atoms with Crippen molar-refractivity contribution in [2.24, 2.45) is 0 Å². The van der Waals surface area contributed by atoms with Gasteiger partial charge in [-0.15, -0.1) is 0 Å². The van der Waals surface area contributed by atoms with E-state index < -0.39 is 0 Å². The van der Waals surface area contributed by atoms with Crippen LogP contribution in [0, 0.1) is 0 Å². The van der Waals surface area contributed by atoms with Gasteiger partial charge in [-0.25, -0.2) is 0 Å². The molecule has 0 atom stereocenters. The fourth-order valence-electron chi connectivity index (χ4n) is 2.26. The van der Waals surface area contributed by atoms with Gasteiger partial charge in [-0.3, -0.25) is 4.68 Å². The molecule has 4 nitrogen and oxygen atoms in total. The minimum atomic E-state index is 0.765. The van der Waals surface area contributed by atoms with Crippen LogP contribution < -0.4 is 10.1 Å². The van der Waals surface area contributed by atoms with E-state index in [4.69, 9.17) is 4.74 Å². The van der Waals surface area contributed by atoms with Gasteiger partial charge in [-0.1, -0.05) is 42.5 Å². The topological polar surface area (TPSA) is 39.1 Å². The molecular weight excluding hydrogens is 274 g/mol. The van der Waals surface area contributed by atoms with E-state index in [2.05, 4.69) is 34.7 Å². The van der Waals surface area contributed by atoms with Crippen molar-refractivity contribution in [3.63, 3.8) is 0 Å². The first kappa shape index (κ1) is 14.2. The molecule has 4 heteroatoms. The van der Waals surface area contributed by atoms with Crippen LogP contribution in [0.25, 0.3) is 0 Å². The number of anilines is 1. The van der Waals surface area contributed by atoms with Crippen LogP contribution >= 0.6 is 0 Å². The Kier molecular flexibility index (Phi) is 4.39. The second-order valence-electron chi connectivity index (χ2n) is 5.11. The summed E-state index contributed by atoms with van der Waals surface area (Å²) in [6.07, 6.45) is 3.88. The fourth-order valence-corrected chi connectivity index (χ4v) is 2.26. The van der Waals surface area contributed by atoms with E-state index >= 15 is 0 Å². The summed E-state index contributed by atoms with van der Waals surface area (Å²) in [6, 6.07) is 18.4. The van der Waals surface area contributed by atoms with Gasteiger partial charge < -0.3 is 10.1 Å². The molecular formula is C18H19N3O. The van der Waals surface area contributed by atoms with Gasteiger partial charge in [0, 0.05) is 12.7 Å². The minimum absolute atomic E-state index is 0.765. The molecule has 0 bridgehead atoms. The molecule has 0 aliphatic rings. The monoisotopic (exact) mass is 293 g/mol. The van der Waals surface area contributed by atoms with Crippen molar-refractivity contribution in [1.29, 1.82) is 0 Å². The maximum Gasteiger partial charge on any atom is 0.118 e. The van der Waals surface area contributed by atoms with E-state index in [1.165, 1.54) is 11.1 Å². The highest BCUT2D eigenvalue weighted by Gasteiger charge is 2.00. The zero-order chi connectivity index (χ0) is 15.2. The quantitative estimate of drug-likeness (QED) is 0.755. The van der Waals surface area contributed by atoms with Crippen LogP contribution in [0.1, 0.15) is 11.1 Å². The molecule has 0 amide bonds. The van der Waals surface area contributed by atoms with Crippen LogP contribution in [0.2, 0.25) is 0 Å². The van der Waals surface area contributed by atoms with Gasteiger partial charge in [0.1, 0.15) is 5.75 Å². The number of nitrogens with one attached hydrogen (secondary N) is 1. The molecule has 2 aromatic carbocycles. The Morgan fingerprint density at radius 1 is 1.00 bits per heavy atom. The zero-order valence-electron chi connectivity index (χ0n) is 12.6. The van der Waals surface area contributed by atoms with Crippen LogP contribution in [-0.4, -0.2) is 16.9 Å². The van der Waals surface area contributed by atoms with Gasteiger partial charge in [0.25, 0.3) is 0 Å². The lowest BCUT2D eigenvalue weighted by Gasteiger charge is -2.05. The first-order chi connectivity index (χ1) is 10.8. The lowest BCUT2D eigenvalue weighted by molar-refractivity contribution is 0.414. The van der Waals surface area contributed by atoms with Gasteiger partial charge in [-0.2, -0.15) is 5.10 Å². The molecule has 1 aromatic heterocycles. The Morgan fingerprint density at radius 3 is 2.50 bits per heavy atom. The van der Waals surface area contributed by atoms with Crippen LogP contribution in [0.5, 0.6) is 5.75 Å². The minimum Gasteiger partial charge on any atom is -0.497 e. The molecule has 1 heterocycles. The van der Waals surface area contributed by atoms with Gasteiger partial charge in [0.2, 0.25) is 0 Å². The van der Waals surface area contributed by atoms with Crippen molar-refractivity contribution in [3.8, 4) is 5.75 Å². The summed E-state index contributed by atoms with van der Waals surface area (Å²) in [6.45, 7) is 1.55. The molecule has 3 rings (SSSR count). The summed E-state index contributed by atoms with van der Waals surface area (Å²) in [5, 5.41) is 7.77. The summed E-state index contributed by atoms with van der Waals surface area (Å²) in [7, 11) is 1.67. The predicted molar refractivity (Wildman–Crippen MR) is 88.1 cm³/mol. The molecule has 3 aromatic rings.